The SMILES string of the molecule is COc1ncnc(C2CC2)c1-c1ncc2c(=O)n(C)n(Cc3ccc(N=C(C)C=C(N)C(F)(F)F)cc3)c2n1. The first-order valence-electron chi connectivity index (χ1n) is 12.1. The zero-order valence-corrected chi connectivity index (χ0v) is 21.4. The summed E-state index contributed by atoms with van der Waals surface area (Å²) in [5.74, 6) is 1.03. The molecule has 0 radical (unpaired) electrons. The van der Waals surface area contributed by atoms with E-state index in [0.29, 0.717) is 46.5 Å². The zero-order valence-electron chi connectivity index (χ0n) is 21.4. The summed E-state index contributed by atoms with van der Waals surface area (Å²) in [6.45, 7) is 1.74. The molecular formula is C26H25F3N8O2. The van der Waals surface area contributed by atoms with Crippen LogP contribution in [-0.2, 0) is 13.6 Å². The van der Waals surface area contributed by atoms with Crippen molar-refractivity contribution in [2.45, 2.75) is 38.4 Å². The number of allylic oxidation sites excluding steroid dienone is 2. The van der Waals surface area contributed by atoms with Gasteiger partial charge in [-0.3, -0.25) is 19.2 Å². The average Bonchev–Trinajstić information content (AvgIpc) is 3.73. The summed E-state index contributed by atoms with van der Waals surface area (Å²) in [5.41, 5.74) is 6.88. The fourth-order valence-electron chi connectivity index (χ4n) is 4.25. The fourth-order valence-corrected chi connectivity index (χ4v) is 4.25. The van der Waals surface area contributed by atoms with Crippen LogP contribution in [-0.4, -0.2) is 48.3 Å². The summed E-state index contributed by atoms with van der Waals surface area (Å²) < 4.78 is 46.7. The van der Waals surface area contributed by atoms with E-state index in [1.54, 1.807) is 36.0 Å². The number of fused-ring (bicyclic) bond motifs is 1. The van der Waals surface area contributed by atoms with E-state index in [2.05, 4.69) is 19.9 Å². The van der Waals surface area contributed by atoms with Gasteiger partial charge in [-0.15, -0.1) is 0 Å². The van der Waals surface area contributed by atoms with Crippen molar-refractivity contribution in [2.24, 2.45) is 17.8 Å². The van der Waals surface area contributed by atoms with Gasteiger partial charge in [0.25, 0.3) is 5.56 Å². The first-order valence-corrected chi connectivity index (χ1v) is 12.1. The van der Waals surface area contributed by atoms with E-state index in [1.807, 2.05) is 0 Å². The summed E-state index contributed by atoms with van der Waals surface area (Å²) in [7, 11) is 3.17. The maximum atomic E-state index is 12.9. The Hall–Kier alpha value is -4.55. The number of alkyl halides is 3. The van der Waals surface area contributed by atoms with Crippen LogP contribution in [0.5, 0.6) is 5.88 Å². The van der Waals surface area contributed by atoms with Crippen molar-refractivity contribution in [3.8, 4) is 17.3 Å². The first kappa shape index (κ1) is 26.1. The third-order valence-electron chi connectivity index (χ3n) is 6.39. The highest BCUT2D eigenvalue weighted by Gasteiger charge is 2.32. The molecule has 0 amide bonds. The van der Waals surface area contributed by atoms with Gasteiger partial charge in [0.1, 0.15) is 23.0 Å². The van der Waals surface area contributed by atoms with E-state index in [0.717, 1.165) is 30.2 Å². The number of hydrogen-bond acceptors (Lipinski definition) is 8. The molecule has 0 bridgehead atoms. The van der Waals surface area contributed by atoms with Crippen LogP contribution in [0.4, 0.5) is 18.9 Å². The maximum absolute atomic E-state index is 12.9. The summed E-state index contributed by atoms with van der Waals surface area (Å²) in [4.78, 5) is 35.0. The largest absolute Gasteiger partial charge is 0.480 e. The topological polar surface area (TPSA) is 126 Å². The lowest BCUT2D eigenvalue weighted by Gasteiger charge is -2.12. The molecule has 0 spiro atoms. The summed E-state index contributed by atoms with van der Waals surface area (Å²) in [6.07, 6.45) is 1.16. The van der Waals surface area contributed by atoms with Gasteiger partial charge in [0.05, 0.1) is 25.0 Å². The Kier molecular flexibility index (Phi) is 6.66. The second-order valence-corrected chi connectivity index (χ2v) is 9.25. The molecule has 4 aromatic rings. The number of methoxy groups -OCH3 is 1. The summed E-state index contributed by atoms with van der Waals surface area (Å²) in [5, 5.41) is 0.357. The van der Waals surface area contributed by atoms with Gasteiger partial charge in [0.2, 0.25) is 5.88 Å². The Bertz CT molecular complexity index is 1670. The minimum Gasteiger partial charge on any atom is -0.480 e. The van der Waals surface area contributed by atoms with Gasteiger partial charge < -0.3 is 10.5 Å². The van der Waals surface area contributed by atoms with Crippen LogP contribution in [0.15, 0.2) is 58.3 Å². The molecule has 1 aromatic carbocycles. The van der Waals surface area contributed by atoms with Crippen LogP contribution in [0.25, 0.3) is 22.4 Å². The van der Waals surface area contributed by atoms with Crippen molar-refractivity contribution in [2.75, 3.05) is 7.11 Å². The quantitative estimate of drug-likeness (QED) is 0.352. The van der Waals surface area contributed by atoms with E-state index < -0.39 is 11.9 Å². The van der Waals surface area contributed by atoms with Crippen LogP contribution in [0.3, 0.4) is 0 Å². The molecule has 202 valence electrons. The normalized spacial score (nSPS) is 14.7. The Morgan fingerprint density at radius 3 is 2.56 bits per heavy atom. The lowest BCUT2D eigenvalue weighted by molar-refractivity contribution is -0.0925. The molecule has 13 heteroatoms. The van der Waals surface area contributed by atoms with Gasteiger partial charge in [-0.25, -0.2) is 19.9 Å². The summed E-state index contributed by atoms with van der Waals surface area (Å²) in [6, 6.07) is 6.91. The van der Waals surface area contributed by atoms with E-state index in [9.17, 15) is 18.0 Å². The van der Waals surface area contributed by atoms with Crippen LogP contribution in [0, 0.1) is 0 Å². The number of ether oxygens (including phenoxy) is 1. The molecule has 10 nitrogen and oxygen atoms in total. The van der Waals surface area contributed by atoms with Gasteiger partial charge in [-0.2, -0.15) is 13.2 Å². The average molecular weight is 539 g/mol. The molecule has 3 heterocycles. The highest BCUT2D eigenvalue weighted by molar-refractivity contribution is 5.95. The highest BCUT2D eigenvalue weighted by atomic mass is 19.4. The Morgan fingerprint density at radius 2 is 1.92 bits per heavy atom. The lowest BCUT2D eigenvalue weighted by atomic mass is 10.1. The van der Waals surface area contributed by atoms with E-state index in [-0.39, 0.29) is 11.3 Å². The van der Waals surface area contributed by atoms with E-state index >= 15 is 0 Å². The highest BCUT2D eigenvalue weighted by Crippen LogP contribution is 2.44. The molecule has 1 fully saturated rings. The minimum absolute atomic E-state index is 0.117. The number of nitrogens with two attached hydrogens (primary N) is 1. The molecular weight excluding hydrogens is 513 g/mol. The second kappa shape index (κ2) is 9.97. The zero-order chi connectivity index (χ0) is 27.9. The third-order valence-corrected chi connectivity index (χ3v) is 6.39. The Morgan fingerprint density at radius 1 is 1.21 bits per heavy atom. The number of rotatable bonds is 7. The van der Waals surface area contributed by atoms with Crippen molar-refractivity contribution in [3.63, 3.8) is 0 Å². The van der Waals surface area contributed by atoms with Crippen molar-refractivity contribution < 1.29 is 17.9 Å². The smallest absolute Gasteiger partial charge is 0.430 e. The maximum Gasteiger partial charge on any atom is 0.430 e. The molecule has 0 saturated heterocycles. The number of hydrogen-bond donors (Lipinski definition) is 1. The minimum atomic E-state index is -4.61. The van der Waals surface area contributed by atoms with Gasteiger partial charge in [-0.05, 0) is 43.5 Å². The number of benzene rings is 1. The monoisotopic (exact) mass is 538 g/mol. The van der Waals surface area contributed by atoms with Crippen LogP contribution in [0.1, 0.15) is 36.9 Å². The molecule has 2 N–H and O–H groups in total. The predicted molar refractivity (Wildman–Crippen MR) is 139 cm³/mol. The van der Waals surface area contributed by atoms with Crippen LogP contribution >= 0.6 is 0 Å². The Balaban J connectivity index is 1.49. The number of nitrogens with zero attached hydrogens (tertiary/aromatic N) is 7. The van der Waals surface area contributed by atoms with E-state index in [4.69, 9.17) is 15.5 Å². The lowest BCUT2D eigenvalue weighted by Crippen LogP contribution is -2.20. The van der Waals surface area contributed by atoms with Gasteiger partial charge in [0.15, 0.2) is 11.5 Å². The predicted octanol–water partition coefficient (Wildman–Crippen LogP) is 4.02. The van der Waals surface area contributed by atoms with Crippen molar-refractivity contribution in [3.05, 3.63) is 70.2 Å². The van der Waals surface area contributed by atoms with Crippen LogP contribution in [0.2, 0.25) is 0 Å². The molecule has 0 unspecified atom stereocenters. The second-order valence-electron chi connectivity index (χ2n) is 9.25. The molecule has 5 rings (SSSR count). The van der Waals surface area contributed by atoms with E-state index in [1.165, 1.54) is 31.2 Å². The fraction of sp³-hybridized carbons (Fsp3) is 0.308. The molecule has 1 saturated carbocycles. The number of aromatic nitrogens is 6. The van der Waals surface area contributed by atoms with Gasteiger partial charge in [0, 0.05) is 24.9 Å². The molecule has 1 aliphatic rings. The third kappa shape index (κ3) is 5.24. The molecule has 3 aromatic heterocycles. The number of halogens is 3. The van der Waals surface area contributed by atoms with Crippen LogP contribution < -0.4 is 16.0 Å². The Labute approximate surface area is 220 Å². The summed E-state index contributed by atoms with van der Waals surface area (Å²) >= 11 is 0. The molecule has 1 aliphatic carbocycles. The van der Waals surface area contributed by atoms with Crippen molar-refractivity contribution in [1.29, 1.82) is 0 Å². The standard InChI is InChI=1S/C26H25F3N8O2/c1-14(10-19(30)26(27,28)29)34-17-8-4-15(5-9-17)12-37-23-18(25(38)36(37)2)11-31-22(35-23)20-21(16-6-7-16)32-13-33-24(20)39-3/h4-5,8-11,13,16H,6-7,12,30H2,1-3H3. The molecule has 0 aliphatic heterocycles. The first-order chi connectivity index (χ1) is 18.6. The van der Waals surface area contributed by atoms with Gasteiger partial charge in [-0.1, -0.05) is 12.1 Å². The van der Waals surface area contributed by atoms with Crippen molar-refractivity contribution in [1.82, 2.24) is 29.3 Å². The van der Waals surface area contributed by atoms with Gasteiger partial charge >= 0.3 is 6.18 Å². The molecule has 0 atom stereocenters. The van der Waals surface area contributed by atoms with Crippen molar-refractivity contribution >= 4 is 22.4 Å². The molecule has 39 heavy (non-hydrogen) atoms. The number of aliphatic imine (C=N–C) groups is 1.